The molecule has 2 saturated carbocycles. The summed E-state index contributed by atoms with van der Waals surface area (Å²) in [6.07, 6.45) is 4.47. The van der Waals surface area contributed by atoms with Gasteiger partial charge in [0.2, 0.25) is 0 Å². The zero-order valence-electron chi connectivity index (χ0n) is 15.8. The van der Waals surface area contributed by atoms with Crippen molar-refractivity contribution in [2.24, 2.45) is 11.7 Å². The molecule has 0 amide bonds. The van der Waals surface area contributed by atoms with Crippen molar-refractivity contribution in [3.8, 4) is 5.75 Å². The van der Waals surface area contributed by atoms with E-state index < -0.39 is 17.1 Å². The summed E-state index contributed by atoms with van der Waals surface area (Å²) < 4.78 is 22.5. The summed E-state index contributed by atoms with van der Waals surface area (Å²) in [4.78, 5) is 29.1. The summed E-state index contributed by atoms with van der Waals surface area (Å²) in [6, 6.07) is -0.0384. The fourth-order valence-corrected chi connectivity index (χ4v) is 4.61. The molecule has 3 fully saturated rings. The zero-order chi connectivity index (χ0) is 19.8. The number of nitrogens with two attached hydrogens (primary N) is 2. The number of nitrogens with one attached hydrogen (secondary N) is 1. The molecule has 3 aliphatic rings. The minimum absolute atomic E-state index is 0.0298. The van der Waals surface area contributed by atoms with Gasteiger partial charge in [-0.25, -0.2) is 9.18 Å². The minimum Gasteiger partial charge on any atom is -0.492 e. The molecule has 5 rings (SSSR count). The van der Waals surface area contributed by atoms with Crippen molar-refractivity contribution in [3.05, 3.63) is 26.7 Å². The molecule has 1 unspecified atom stereocenters. The molecule has 0 radical (unpaired) electrons. The average molecular weight is 389 g/mol. The monoisotopic (exact) mass is 389 g/mol. The van der Waals surface area contributed by atoms with E-state index in [-0.39, 0.29) is 45.5 Å². The molecule has 28 heavy (non-hydrogen) atoms. The van der Waals surface area contributed by atoms with Crippen molar-refractivity contribution in [1.29, 1.82) is 0 Å². The van der Waals surface area contributed by atoms with Crippen molar-refractivity contribution >= 4 is 22.3 Å². The van der Waals surface area contributed by atoms with Crippen LogP contribution in [0.2, 0.25) is 0 Å². The fraction of sp³-hybridized carbons (Fsp3) is 0.579. The quantitative estimate of drug-likeness (QED) is 0.673. The molecule has 9 heteroatoms. The number of aromatic nitrogens is 2. The van der Waals surface area contributed by atoms with Crippen LogP contribution in [0.25, 0.3) is 10.9 Å². The summed E-state index contributed by atoms with van der Waals surface area (Å²) in [5.74, 6) is -0.212. The van der Waals surface area contributed by atoms with Crippen molar-refractivity contribution in [2.75, 3.05) is 30.8 Å². The fourth-order valence-electron chi connectivity index (χ4n) is 4.61. The summed E-state index contributed by atoms with van der Waals surface area (Å²) in [5.41, 5.74) is 11.3. The molecule has 1 aromatic heterocycles. The molecule has 0 bridgehead atoms. The number of benzene rings is 1. The highest BCUT2D eigenvalue weighted by Crippen LogP contribution is 2.49. The Bertz CT molecular complexity index is 1100. The third kappa shape index (κ3) is 2.38. The van der Waals surface area contributed by atoms with Crippen LogP contribution in [-0.4, -0.2) is 35.3 Å². The lowest BCUT2D eigenvalue weighted by molar-refractivity contribution is 0.412. The first-order valence-electron chi connectivity index (χ1n) is 9.73. The number of aromatic amines is 1. The molecule has 0 spiro atoms. The van der Waals surface area contributed by atoms with Gasteiger partial charge in [0.05, 0.1) is 18.2 Å². The van der Waals surface area contributed by atoms with Gasteiger partial charge in [-0.15, -0.1) is 0 Å². The largest absolute Gasteiger partial charge is 0.492 e. The van der Waals surface area contributed by atoms with E-state index in [0.717, 1.165) is 32.1 Å². The predicted octanol–water partition coefficient (Wildman–Crippen LogP) is 1.07. The smallest absolute Gasteiger partial charge is 0.329 e. The molecule has 1 saturated heterocycles. The number of methoxy groups -OCH3 is 1. The van der Waals surface area contributed by atoms with Crippen molar-refractivity contribution in [2.45, 2.75) is 43.7 Å². The van der Waals surface area contributed by atoms with E-state index in [2.05, 4.69) is 4.98 Å². The molecule has 8 nitrogen and oxygen atoms in total. The summed E-state index contributed by atoms with van der Waals surface area (Å²) in [6.45, 7) is 1.23. The third-order valence-electron chi connectivity index (χ3n) is 6.55. The highest BCUT2D eigenvalue weighted by atomic mass is 19.1. The number of nitrogens with zero attached hydrogens (tertiary/aromatic N) is 2. The predicted molar refractivity (Wildman–Crippen MR) is 104 cm³/mol. The van der Waals surface area contributed by atoms with Crippen LogP contribution in [0.4, 0.5) is 15.8 Å². The third-order valence-corrected chi connectivity index (χ3v) is 6.55. The molecular formula is C19H24FN5O3. The highest BCUT2D eigenvalue weighted by molar-refractivity contribution is 5.99. The molecule has 1 aliphatic heterocycles. The maximum atomic E-state index is 15.4. The lowest BCUT2D eigenvalue weighted by Crippen LogP contribution is -2.35. The molecule has 1 atom stereocenters. The molecular weight excluding hydrogens is 365 g/mol. The Kier molecular flexibility index (Phi) is 3.59. The number of hydrogen-bond donors (Lipinski definition) is 3. The molecule has 1 aromatic carbocycles. The Balaban J connectivity index is 1.76. The van der Waals surface area contributed by atoms with Gasteiger partial charge < -0.3 is 21.1 Å². The van der Waals surface area contributed by atoms with E-state index in [1.807, 2.05) is 4.90 Å². The van der Waals surface area contributed by atoms with Crippen LogP contribution >= 0.6 is 0 Å². The highest BCUT2D eigenvalue weighted by Gasteiger charge is 2.48. The average Bonchev–Trinajstić information content (AvgIpc) is 3.57. The Hall–Kier alpha value is -2.55. The van der Waals surface area contributed by atoms with Gasteiger partial charge in [0.15, 0.2) is 11.6 Å². The molecule has 5 N–H and O–H groups in total. The van der Waals surface area contributed by atoms with Gasteiger partial charge in [-0.05, 0) is 38.0 Å². The Morgan fingerprint density at radius 1 is 1.25 bits per heavy atom. The minimum atomic E-state index is -0.698. The van der Waals surface area contributed by atoms with Gasteiger partial charge in [-0.3, -0.25) is 14.3 Å². The van der Waals surface area contributed by atoms with E-state index in [4.69, 9.17) is 16.2 Å². The van der Waals surface area contributed by atoms with Gasteiger partial charge in [-0.1, -0.05) is 0 Å². The first-order chi connectivity index (χ1) is 13.4. The number of ether oxygens (including phenoxy) is 1. The molecule has 2 heterocycles. The Labute approximate surface area is 160 Å². The summed E-state index contributed by atoms with van der Waals surface area (Å²) in [7, 11) is 1.43. The second-order valence-corrected chi connectivity index (χ2v) is 8.36. The second-order valence-electron chi connectivity index (χ2n) is 8.36. The zero-order valence-corrected chi connectivity index (χ0v) is 15.8. The van der Waals surface area contributed by atoms with Crippen LogP contribution in [0.5, 0.6) is 5.75 Å². The van der Waals surface area contributed by atoms with Gasteiger partial charge >= 0.3 is 5.69 Å². The van der Waals surface area contributed by atoms with Gasteiger partial charge in [0.1, 0.15) is 11.2 Å². The van der Waals surface area contributed by atoms with E-state index in [1.165, 1.54) is 11.7 Å². The SMILES string of the molecule is COc1c(N2CCC(C3(N)CC3)C2)c(F)c(N)c2c(=O)[nH]c(=O)n(C3CC3)c12. The Morgan fingerprint density at radius 2 is 1.96 bits per heavy atom. The Morgan fingerprint density at radius 3 is 2.57 bits per heavy atom. The van der Waals surface area contributed by atoms with Gasteiger partial charge in [0, 0.05) is 24.7 Å². The first-order valence-corrected chi connectivity index (χ1v) is 9.73. The molecule has 2 aromatic rings. The number of halogens is 1. The lowest BCUT2D eigenvalue weighted by atomic mass is 9.97. The van der Waals surface area contributed by atoms with E-state index in [9.17, 15) is 9.59 Å². The van der Waals surface area contributed by atoms with E-state index in [0.29, 0.717) is 13.1 Å². The van der Waals surface area contributed by atoms with Crippen LogP contribution in [0.3, 0.4) is 0 Å². The van der Waals surface area contributed by atoms with E-state index >= 15 is 4.39 Å². The number of rotatable bonds is 4. The maximum Gasteiger partial charge on any atom is 0.329 e. The molecule has 2 aliphatic carbocycles. The number of H-pyrrole nitrogens is 1. The number of fused-ring (bicyclic) bond motifs is 1. The number of nitrogen functional groups attached to an aromatic ring is 1. The standard InChI is InChI=1S/C19H24FN5O3/c1-28-16-14-11(17(26)23-18(27)25(14)10-2-3-10)13(21)12(20)15(16)24-7-4-9(8-24)19(22)5-6-19/h9-10H,2-8,21-22H2,1H3,(H,23,26,27). The van der Waals surface area contributed by atoms with Crippen LogP contribution in [0, 0.1) is 11.7 Å². The van der Waals surface area contributed by atoms with Crippen molar-refractivity contribution in [1.82, 2.24) is 9.55 Å². The summed E-state index contributed by atoms with van der Waals surface area (Å²) >= 11 is 0. The van der Waals surface area contributed by atoms with Gasteiger partial charge in [0.25, 0.3) is 5.56 Å². The van der Waals surface area contributed by atoms with Crippen LogP contribution in [0.15, 0.2) is 9.59 Å². The van der Waals surface area contributed by atoms with Crippen LogP contribution < -0.4 is 32.4 Å². The lowest BCUT2D eigenvalue weighted by Gasteiger charge is -2.26. The van der Waals surface area contributed by atoms with E-state index in [1.54, 1.807) is 0 Å². The molecule has 150 valence electrons. The second kappa shape index (κ2) is 5.73. The topological polar surface area (TPSA) is 119 Å². The van der Waals surface area contributed by atoms with Gasteiger partial charge in [-0.2, -0.15) is 0 Å². The normalized spacial score (nSPS) is 23.4. The number of hydrogen-bond acceptors (Lipinski definition) is 6. The van der Waals surface area contributed by atoms with Crippen LogP contribution in [-0.2, 0) is 0 Å². The first kappa shape index (κ1) is 17.5. The van der Waals surface area contributed by atoms with Crippen molar-refractivity contribution < 1.29 is 9.13 Å². The summed E-state index contributed by atoms with van der Waals surface area (Å²) in [5, 5.41) is -0.0298. The van der Waals surface area contributed by atoms with Crippen LogP contribution in [0.1, 0.15) is 38.1 Å². The maximum absolute atomic E-state index is 15.4. The number of anilines is 2. The van der Waals surface area contributed by atoms with Crippen molar-refractivity contribution in [3.63, 3.8) is 0 Å².